The fraction of sp³-hybridized carbons (Fsp3) is 0.167. The molecule has 3 aromatic heterocycles. The molecule has 0 saturated heterocycles. The van der Waals surface area contributed by atoms with Crippen molar-refractivity contribution in [1.82, 2.24) is 20.2 Å². The minimum Gasteiger partial charge on any atom is -0.292 e. The molecule has 3 heterocycles. The number of benzene rings is 1. The first-order chi connectivity index (χ1) is 14.1. The molecule has 1 aromatic carbocycles. The Morgan fingerprint density at radius 1 is 0.966 bits per heavy atom. The Bertz CT molecular complexity index is 1150. The molecule has 0 fully saturated rings. The summed E-state index contributed by atoms with van der Waals surface area (Å²) in [5, 5.41) is 7.13. The van der Waals surface area contributed by atoms with Crippen molar-refractivity contribution in [3.8, 4) is 22.5 Å². The first-order valence-corrected chi connectivity index (χ1v) is 9.63. The van der Waals surface area contributed by atoms with Crippen LogP contribution in [0.15, 0.2) is 67.0 Å². The number of aromatic amines is 1. The van der Waals surface area contributed by atoms with Crippen LogP contribution in [0.25, 0.3) is 22.5 Å². The molecule has 144 valence electrons. The van der Waals surface area contributed by atoms with Gasteiger partial charge in [-0.3, -0.25) is 19.9 Å². The maximum absolute atomic E-state index is 12.6. The van der Waals surface area contributed by atoms with E-state index >= 15 is 0 Å². The van der Waals surface area contributed by atoms with E-state index in [1.54, 1.807) is 6.20 Å². The van der Waals surface area contributed by atoms with E-state index in [0.717, 1.165) is 39.3 Å². The van der Waals surface area contributed by atoms with Gasteiger partial charge in [0.15, 0.2) is 5.78 Å². The number of hydrogen-bond donors (Lipinski definition) is 1. The van der Waals surface area contributed by atoms with Crippen molar-refractivity contribution in [2.24, 2.45) is 0 Å². The number of hydrogen-bond acceptors (Lipinski definition) is 4. The van der Waals surface area contributed by atoms with Crippen LogP contribution in [-0.2, 0) is 6.42 Å². The monoisotopic (exact) mass is 382 g/mol. The summed E-state index contributed by atoms with van der Waals surface area (Å²) in [5.41, 5.74) is 7.43. The fourth-order valence-electron chi connectivity index (χ4n) is 3.38. The maximum Gasteiger partial charge on any atom is 0.180 e. The predicted molar refractivity (Wildman–Crippen MR) is 114 cm³/mol. The lowest BCUT2D eigenvalue weighted by molar-refractivity contribution is 0.0978. The summed E-state index contributed by atoms with van der Waals surface area (Å²) >= 11 is 0. The highest BCUT2D eigenvalue weighted by Gasteiger charge is 2.12. The van der Waals surface area contributed by atoms with E-state index in [0.29, 0.717) is 18.5 Å². The summed E-state index contributed by atoms with van der Waals surface area (Å²) in [6.45, 7) is 4.02. The third kappa shape index (κ3) is 4.29. The van der Waals surface area contributed by atoms with Crippen LogP contribution in [0.3, 0.4) is 0 Å². The lowest BCUT2D eigenvalue weighted by Crippen LogP contribution is -2.02. The van der Waals surface area contributed by atoms with Crippen molar-refractivity contribution >= 4 is 5.78 Å². The van der Waals surface area contributed by atoms with Crippen LogP contribution in [0.1, 0.15) is 33.7 Å². The minimum absolute atomic E-state index is 0.0474. The fourth-order valence-corrected chi connectivity index (χ4v) is 3.38. The highest BCUT2D eigenvalue weighted by atomic mass is 16.1. The van der Waals surface area contributed by atoms with Gasteiger partial charge in [0.05, 0.1) is 11.4 Å². The summed E-state index contributed by atoms with van der Waals surface area (Å²) in [4.78, 5) is 21.4. The number of aryl methyl sites for hydroxylation is 3. The van der Waals surface area contributed by atoms with E-state index < -0.39 is 0 Å². The van der Waals surface area contributed by atoms with Crippen molar-refractivity contribution in [3.05, 3.63) is 89.5 Å². The van der Waals surface area contributed by atoms with Crippen molar-refractivity contribution in [3.63, 3.8) is 0 Å². The zero-order chi connectivity index (χ0) is 20.2. The van der Waals surface area contributed by atoms with Gasteiger partial charge in [-0.2, -0.15) is 5.10 Å². The Morgan fingerprint density at radius 2 is 1.79 bits per heavy atom. The van der Waals surface area contributed by atoms with Crippen LogP contribution < -0.4 is 0 Å². The van der Waals surface area contributed by atoms with Crippen molar-refractivity contribution in [2.45, 2.75) is 26.7 Å². The first kappa shape index (κ1) is 18.7. The molecule has 5 nitrogen and oxygen atoms in total. The van der Waals surface area contributed by atoms with E-state index in [1.165, 1.54) is 0 Å². The molecule has 29 heavy (non-hydrogen) atoms. The maximum atomic E-state index is 12.6. The van der Waals surface area contributed by atoms with E-state index in [4.69, 9.17) is 0 Å². The van der Waals surface area contributed by atoms with E-state index in [9.17, 15) is 4.79 Å². The van der Waals surface area contributed by atoms with Crippen LogP contribution in [0.5, 0.6) is 0 Å². The van der Waals surface area contributed by atoms with Crippen LogP contribution in [0.2, 0.25) is 0 Å². The minimum atomic E-state index is 0.0474. The lowest BCUT2D eigenvalue weighted by Gasteiger charge is -2.08. The van der Waals surface area contributed by atoms with E-state index in [1.807, 2.05) is 68.6 Å². The first-order valence-electron chi connectivity index (χ1n) is 9.63. The van der Waals surface area contributed by atoms with E-state index in [-0.39, 0.29) is 5.78 Å². The summed E-state index contributed by atoms with van der Waals surface area (Å²) in [6.07, 6.45) is 4.70. The van der Waals surface area contributed by atoms with Crippen molar-refractivity contribution in [1.29, 1.82) is 0 Å². The SMILES string of the molecule is Cc1cc(-c2ncc(CCC(=O)c3cc(-c4ccccc4)n[nH]3)cc2C)ccn1. The van der Waals surface area contributed by atoms with Gasteiger partial charge in [0.1, 0.15) is 5.69 Å². The Balaban J connectivity index is 1.43. The van der Waals surface area contributed by atoms with Crippen molar-refractivity contribution < 1.29 is 4.79 Å². The number of H-pyrrole nitrogens is 1. The largest absolute Gasteiger partial charge is 0.292 e. The Labute approximate surface area is 169 Å². The summed E-state index contributed by atoms with van der Waals surface area (Å²) < 4.78 is 0. The Morgan fingerprint density at radius 3 is 2.55 bits per heavy atom. The van der Waals surface area contributed by atoms with Gasteiger partial charge in [0.25, 0.3) is 0 Å². The predicted octanol–water partition coefficient (Wildman–Crippen LogP) is 4.97. The molecule has 4 aromatic rings. The molecule has 1 N–H and O–H groups in total. The van der Waals surface area contributed by atoms with Gasteiger partial charge in [-0.1, -0.05) is 36.4 Å². The molecule has 0 atom stereocenters. The zero-order valence-corrected chi connectivity index (χ0v) is 16.5. The lowest BCUT2D eigenvalue weighted by atomic mass is 10.0. The number of carbonyl (C=O) groups excluding carboxylic acids is 1. The zero-order valence-electron chi connectivity index (χ0n) is 16.5. The van der Waals surface area contributed by atoms with Gasteiger partial charge in [-0.25, -0.2) is 0 Å². The van der Waals surface area contributed by atoms with Gasteiger partial charge >= 0.3 is 0 Å². The summed E-state index contributed by atoms with van der Waals surface area (Å²) in [5.74, 6) is 0.0474. The molecule has 0 bridgehead atoms. The topological polar surface area (TPSA) is 71.5 Å². The Kier molecular flexibility index (Phi) is 5.29. The highest BCUT2D eigenvalue weighted by Crippen LogP contribution is 2.23. The van der Waals surface area contributed by atoms with Crippen LogP contribution >= 0.6 is 0 Å². The number of nitrogens with zero attached hydrogens (tertiary/aromatic N) is 3. The van der Waals surface area contributed by atoms with Gasteiger partial charge in [0.2, 0.25) is 0 Å². The third-order valence-corrected chi connectivity index (χ3v) is 4.89. The number of pyridine rings is 2. The molecule has 0 spiro atoms. The van der Waals surface area contributed by atoms with Gasteiger partial charge in [-0.15, -0.1) is 0 Å². The molecule has 5 heteroatoms. The second-order valence-electron chi connectivity index (χ2n) is 7.15. The van der Waals surface area contributed by atoms with Gasteiger partial charge in [0, 0.05) is 35.6 Å². The second-order valence-corrected chi connectivity index (χ2v) is 7.15. The molecule has 0 amide bonds. The number of nitrogens with one attached hydrogen (secondary N) is 1. The number of carbonyl (C=O) groups is 1. The second kappa shape index (κ2) is 8.19. The average molecular weight is 382 g/mol. The normalized spacial score (nSPS) is 10.8. The number of ketones is 1. The van der Waals surface area contributed by atoms with Gasteiger partial charge in [-0.05, 0) is 49.6 Å². The Hall–Kier alpha value is -3.60. The number of aromatic nitrogens is 4. The summed E-state index contributed by atoms with van der Waals surface area (Å²) in [7, 11) is 0. The smallest absolute Gasteiger partial charge is 0.180 e. The number of Topliss-reactive ketones (excluding diaryl/α,β-unsaturated/α-hetero) is 1. The van der Waals surface area contributed by atoms with E-state index in [2.05, 4.69) is 26.2 Å². The van der Waals surface area contributed by atoms with Crippen LogP contribution in [-0.4, -0.2) is 25.9 Å². The molecule has 0 saturated carbocycles. The standard InChI is InChI=1S/C24H22N4O/c1-16-12-18(15-26-24(16)20-10-11-25-17(2)13-20)8-9-23(29)22-14-21(27-28-22)19-6-4-3-5-7-19/h3-7,10-15H,8-9H2,1-2H3,(H,27,28). The molecule has 0 aliphatic rings. The quantitative estimate of drug-likeness (QED) is 0.478. The molecular formula is C24H22N4O. The summed E-state index contributed by atoms with van der Waals surface area (Å²) in [6, 6.07) is 17.7. The van der Waals surface area contributed by atoms with Gasteiger partial charge < -0.3 is 0 Å². The van der Waals surface area contributed by atoms with Crippen molar-refractivity contribution in [2.75, 3.05) is 0 Å². The van der Waals surface area contributed by atoms with Crippen LogP contribution in [0.4, 0.5) is 0 Å². The average Bonchev–Trinajstić information content (AvgIpc) is 3.23. The molecular weight excluding hydrogens is 360 g/mol. The molecule has 0 radical (unpaired) electrons. The molecule has 0 aliphatic carbocycles. The van der Waals surface area contributed by atoms with Crippen LogP contribution in [0, 0.1) is 13.8 Å². The molecule has 0 unspecified atom stereocenters. The highest BCUT2D eigenvalue weighted by molar-refractivity contribution is 5.95. The molecule has 0 aliphatic heterocycles. The third-order valence-electron chi connectivity index (χ3n) is 4.89. The number of rotatable bonds is 6. The molecule has 4 rings (SSSR count).